The molecule has 1 amide bonds. The fourth-order valence-corrected chi connectivity index (χ4v) is 9.48. The van der Waals surface area contributed by atoms with E-state index in [2.05, 4.69) is 38.2 Å². The molecule has 0 rings (SSSR count). The van der Waals surface area contributed by atoms with Gasteiger partial charge in [0.25, 0.3) is 7.82 Å². The van der Waals surface area contributed by atoms with Crippen molar-refractivity contribution in [2.45, 2.75) is 303 Å². The number of amides is 1. The topological polar surface area (TPSA) is 114 Å². The third-order valence-corrected chi connectivity index (χ3v) is 14.3. The van der Waals surface area contributed by atoms with E-state index in [1.807, 2.05) is 33.3 Å². The van der Waals surface area contributed by atoms with Gasteiger partial charge in [0, 0.05) is 12.8 Å². The van der Waals surface area contributed by atoms with E-state index in [1.165, 1.54) is 186 Å². The Morgan fingerprint density at radius 2 is 0.841 bits per heavy atom. The summed E-state index contributed by atoms with van der Waals surface area (Å²) in [6.07, 6.45) is 57.1. The molecular formula is C59H115N2O7P. The van der Waals surface area contributed by atoms with Crippen molar-refractivity contribution in [1.82, 2.24) is 5.32 Å². The van der Waals surface area contributed by atoms with Gasteiger partial charge >= 0.3 is 5.97 Å². The second-order valence-corrected chi connectivity index (χ2v) is 22.9. The van der Waals surface area contributed by atoms with Crippen LogP contribution in [-0.4, -0.2) is 69.4 Å². The summed E-state index contributed by atoms with van der Waals surface area (Å²) in [5.74, 6) is -0.533. The van der Waals surface area contributed by atoms with E-state index < -0.39 is 20.0 Å². The molecular weight excluding hydrogens is 880 g/mol. The predicted molar refractivity (Wildman–Crippen MR) is 293 cm³/mol. The van der Waals surface area contributed by atoms with Crippen LogP contribution in [0.1, 0.15) is 290 Å². The van der Waals surface area contributed by atoms with Gasteiger partial charge in [0.05, 0.1) is 33.8 Å². The van der Waals surface area contributed by atoms with Crippen LogP contribution in [-0.2, 0) is 27.9 Å². The van der Waals surface area contributed by atoms with Crippen molar-refractivity contribution < 1.29 is 37.3 Å². The van der Waals surface area contributed by atoms with Gasteiger partial charge in [-0.25, -0.2) is 0 Å². The number of likely N-dealkylation sites (N-methyl/N-ethyl adjacent to an activating group) is 1. The predicted octanol–water partition coefficient (Wildman–Crippen LogP) is 17.1. The second kappa shape index (κ2) is 50.0. The van der Waals surface area contributed by atoms with E-state index >= 15 is 0 Å². The Bertz CT molecular complexity index is 1240. The Balaban J connectivity index is 5.26. The Morgan fingerprint density at radius 3 is 1.25 bits per heavy atom. The minimum absolute atomic E-state index is 0.0196. The van der Waals surface area contributed by atoms with Crippen molar-refractivity contribution in [2.24, 2.45) is 0 Å². The highest BCUT2D eigenvalue weighted by atomic mass is 31.2. The van der Waals surface area contributed by atoms with Gasteiger partial charge in [-0.3, -0.25) is 14.2 Å². The van der Waals surface area contributed by atoms with Gasteiger partial charge in [-0.1, -0.05) is 244 Å². The molecule has 0 radical (unpaired) electrons. The second-order valence-electron chi connectivity index (χ2n) is 21.5. The number of phosphoric acid groups is 1. The van der Waals surface area contributed by atoms with Crippen molar-refractivity contribution in [2.75, 3.05) is 40.9 Å². The SMILES string of the molecule is CCCCCC/C=C\CCCCCCCCCC(=O)OC(/C=C/CCCCCCCCCCC)C(COP(=O)([O-])OCC[N+](C)(C)C)NC(=O)CCCCCCCCCCCCCCCCCCC. The lowest BCUT2D eigenvalue weighted by atomic mass is 10.0. The van der Waals surface area contributed by atoms with Gasteiger partial charge in [0.2, 0.25) is 5.91 Å². The van der Waals surface area contributed by atoms with Crippen LogP contribution >= 0.6 is 7.82 Å². The van der Waals surface area contributed by atoms with E-state index in [-0.39, 0.29) is 31.5 Å². The molecule has 0 aliphatic rings. The van der Waals surface area contributed by atoms with E-state index in [1.54, 1.807) is 0 Å². The van der Waals surface area contributed by atoms with Crippen LogP contribution in [0.25, 0.3) is 0 Å². The summed E-state index contributed by atoms with van der Waals surface area (Å²) in [6, 6.07) is -0.883. The minimum atomic E-state index is -4.69. The molecule has 0 saturated carbocycles. The first-order valence-corrected chi connectivity index (χ1v) is 31.1. The molecule has 0 aromatic carbocycles. The summed E-state index contributed by atoms with van der Waals surface area (Å²) in [5, 5.41) is 3.03. The van der Waals surface area contributed by atoms with Gasteiger partial charge in [-0.2, -0.15) is 0 Å². The fourth-order valence-electron chi connectivity index (χ4n) is 8.75. The summed E-state index contributed by atoms with van der Waals surface area (Å²) in [7, 11) is 1.20. The maximum Gasteiger partial charge on any atom is 0.306 e. The first kappa shape index (κ1) is 67.5. The van der Waals surface area contributed by atoms with E-state index in [4.69, 9.17) is 13.8 Å². The number of esters is 1. The number of quaternary nitrogens is 1. The van der Waals surface area contributed by atoms with Crippen LogP contribution in [0.5, 0.6) is 0 Å². The van der Waals surface area contributed by atoms with Crippen LogP contribution in [0.3, 0.4) is 0 Å². The third-order valence-electron chi connectivity index (χ3n) is 13.4. The number of nitrogens with zero attached hydrogens (tertiary/aromatic N) is 1. The number of carbonyl (C=O) groups excluding carboxylic acids is 2. The third kappa shape index (κ3) is 51.2. The molecule has 0 aromatic rings. The molecule has 0 fully saturated rings. The summed E-state index contributed by atoms with van der Waals surface area (Å²) < 4.78 is 30.2. The van der Waals surface area contributed by atoms with Crippen LogP contribution in [0, 0.1) is 0 Å². The molecule has 0 bridgehead atoms. The number of nitrogens with one attached hydrogen (secondary N) is 1. The number of rotatable bonds is 54. The largest absolute Gasteiger partial charge is 0.756 e. The molecule has 408 valence electrons. The molecule has 3 unspecified atom stereocenters. The van der Waals surface area contributed by atoms with Crippen LogP contribution in [0.4, 0.5) is 0 Å². The lowest BCUT2D eigenvalue weighted by Gasteiger charge is -2.30. The summed E-state index contributed by atoms with van der Waals surface area (Å²) in [4.78, 5) is 39.8. The normalized spacial score (nSPS) is 13.9. The smallest absolute Gasteiger partial charge is 0.306 e. The van der Waals surface area contributed by atoms with Crippen molar-refractivity contribution in [3.05, 3.63) is 24.3 Å². The highest BCUT2D eigenvalue weighted by Crippen LogP contribution is 2.38. The molecule has 0 aliphatic heterocycles. The molecule has 1 N–H and O–H groups in total. The Morgan fingerprint density at radius 1 is 0.493 bits per heavy atom. The van der Waals surface area contributed by atoms with Crippen molar-refractivity contribution in [3.63, 3.8) is 0 Å². The van der Waals surface area contributed by atoms with Gasteiger partial charge in [-0.15, -0.1) is 0 Å². The van der Waals surface area contributed by atoms with Gasteiger partial charge in [0.1, 0.15) is 19.3 Å². The molecule has 0 aliphatic carbocycles. The Labute approximate surface area is 428 Å². The summed E-state index contributed by atoms with van der Waals surface area (Å²) >= 11 is 0. The van der Waals surface area contributed by atoms with Crippen LogP contribution in [0.15, 0.2) is 24.3 Å². The molecule has 69 heavy (non-hydrogen) atoms. The maximum atomic E-state index is 13.5. The zero-order chi connectivity index (χ0) is 50.8. The van der Waals surface area contributed by atoms with E-state index in [0.717, 1.165) is 70.6 Å². The average Bonchev–Trinajstić information content (AvgIpc) is 3.31. The molecule has 0 heterocycles. The summed E-state index contributed by atoms with van der Waals surface area (Å²) in [5.41, 5.74) is 0. The quantitative estimate of drug-likeness (QED) is 0.0212. The summed E-state index contributed by atoms with van der Waals surface area (Å²) in [6.45, 7) is 6.85. The number of allylic oxidation sites excluding steroid dienone is 3. The van der Waals surface area contributed by atoms with Crippen LogP contribution in [0.2, 0.25) is 0 Å². The highest BCUT2D eigenvalue weighted by molar-refractivity contribution is 7.45. The maximum absolute atomic E-state index is 13.5. The van der Waals surface area contributed by atoms with Crippen LogP contribution < -0.4 is 10.2 Å². The van der Waals surface area contributed by atoms with Gasteiger partial charge in [-0.05, 0) is 57.4 Å². The Kier molecular flexibility index (Phi) is 48.9. The molecule has 3 atom stereocenters. The number of phosphoric ester groups is 1. The zero-order valence-corrected chi connectivity index (χ0v) is 47.4. The van der Waals surface area contributed by atoms with E-state index in [0.29, 0.717) is 17.4 Å². The number of ether oxygens (including phenoxy) is 1. The minimum Gasteiger partial charge on any atom is -0.756 e. The van der Waals surface area contributed by atoms with Gasteiger partial charge in [0.15, 0.2) is 0 Å². The lowest BCUT2D eigenvalue weighted by Crippen LogP contribution is -2.47. The van der Waals surface area contributed by atoms with Crippen molar-refractivity contribution >= 4 is 19.7 Å². The number of hydrogen-bond acceptors (Lipinski definition) is 7. The number of hydrogen-bond donors (Lipinski definition) is 1. The highest BCUT2D eigenvalue weighted by Gasteiger charge is 2.27. The van der Waals surface area contributed by atoms with Gasteiger partial charge < -0.3 is 28.5 Å². The number of carbonyl (C=O) groups is 2. The van der Waals surface area contributed by atoms with Crippen molar-refractivity contribution in [1.29, 1.82) is 0 Å². The molecule has 0 spiro atoms. The molecule has 10 heteroatoms. The lowest BCUT2D eigenvalue weighted by molar-refractivity contribution is -0.870. The zero-order valence-electron chi connectivity index (χ0n) is 46.5. The van der Waals surface area contributed by atoms with E-state index in [9.17, 15) is 19.0 Å². The average molecular weight is 996 g/mol. The molecule has 0 saturated heterocycles. The number of unbranched alkanes of at least 4 members (excludes halogenated alkanes) is 36. The van der Waals surface area contributed by atoms with Crippen molar-refractivity contribution in [3.8, 4) is 0 Å². The molecule has 0 aromatic heterocycles. The standard InChI is InChI=1S/C59H115N2O7P/c1-7-10-13-16-19-22-25-27-29-30-32-33-36-39-42-45-48-51-58(62)60-56(55-67-69(64,65)66-54-53-61(4,5)6)57(50-47-44-41-38-35-24-21-18-15-12-9-3)68-59(63)52-49-46-43-40-37-34-31-28-26-23-20-17-14-11-8-2/h23,26,47,50,56-57H,7-22,24-25,27-46,48-49,51-55H2,1-6H3,(H-,60,62,64,65)/b26-23-,50-47+. The fraction of sp³-hybridized carbons (Fsp3) is 0.898. The first-order valence-electron chi connectivity index (χ1n) is 29.6. The monoisotopic (exact) mass is 995 g/mol. The first-order chi connectivity index (χ1) is 33.4. The Hall–Kier alpha value is -1.51. The molecule has 9 nitrogen and oxygen atoms in total.